The summed E-state index contributed by atoms with van der Waals surface area (Å²) in [5.41, 5.74) is 4.27. The molecule has 0 aromatic heterocycles. The first-order valence-corrected chi connectivity index (χ1v) is 10.3. The lowest BCUT2D eigenvalue weighted by atomic mass is 10.0. The molecule has 0 bridgehead atoms. The van der Waals surface area contributed by atoms with Gasteiger partial charge in [-0.25, -0.2) is 14.6 Å². The topological polar surface area (TPSA) is 82.4 Å². The largest absolute Gasteiger partial charge is 0.478 e. The Morgan fingerprint density at radius 3 is 2.45 bits per heavy atom. The number of rotatable bonds is 5. The highest BCUT2D eigenvalue weighted by atomic mass is 35.5. The fraction of sp³-hybridized carbons (Fsp3) is 0.261. The summed E-state index contributed by atoms with van der Waals surface area (Å²) in [7, 11) is 0. The van der Waals surface area contributed by atoms with Crippen LogP contribution in [0, 0.1) is 0 Å². The van der Waals surface area contributed by atoms with E-state index in [2.05, 4.69) is 9.89 Å². The van der Waals surface area contributed by atoms with Crippen LogP contribution in [-0.4, -0.2) is 52.9 Å². The molecule has 0 fully saturated rings. The molecule has 1 N–H and O–H groups in total. The highest BCUT2D eigenvalue weighted by Crippen LogP contribution is 2.24. The van der Waals surface area contributed by atoms with Crippen molar-refractivity contribution in [3.8, 4) is 0 Å². The minimum atomic E-state index is -0.939. The van der Waals surface area contributed by atoms with Gasteiger partial charge in [-0.3, -0.25) is 0 Å². The maximum Gasteiger partial charge on any atom is 0.410 e. The van der Waals surface area contributed by atoms with Crippen molar-refractivity contribution in [2.45, 2.75) is 19.6 Å². The predicted octanol–water partition coefficient (Wildman–Crippen LogP) is 4.18. The van der Waals surface area contributed by atoms with E-state index in [4.69, 9.17) is 21.4 Å². The number of amides is 1. The molecule has 2 aromatic carbocycles. The van der Waals surface area contributed by atoms with E-state index in [1.54, 1.807) is 29.2 Å². The van der Waals surface area contributed by atoms with Gasteiger partial charge in [0.05, 0.1) is 11.9 Å². The summed E-state index contributed by atoms with van der Waals surface area (Å²) in [6, 6.07) is 14.0. The van der Waals surface area contributed by atoms with Crippen LogP contribution in [0.25, 0.3) is 0 Å². The summed E-state index contributed by atoms with van der Waals surface area (Å²) in [5, 5.41) is 9.67. The molecule has 31 heavy (non-hydrogen) atoms. The monoisotopic (exact) mass is 439 g/mol. The van der Waals surface area contributed by atoms with Crippen LogP contribution in [-0.2, 0) is 17.9 Å². The highest BCUT2D eigenvalue weighted by Gasteiger charge is 2.26. The van der Waals surface area contributed by atoms with E-state index in [1.165, 1.54) is 0 Å². The first-order valence-electron chi connectivity index (χ1n) is 9.95. The zero-order valence-corrected chi connectivity index (χ0v) is 17.6. The Kier molecular flexibility index (Phi) is 6.23. The van der Waals surface area contributed by atoms with Crippen LogP contribution in [0.2, 0.25) is 5.02 Å². The Hall–Kier alpha value is -3.32. The van der Waals surface area contributed by atoms with Crippen molar-refractivity contribution in [1.82, 2.24) is 9.80 Å². The van der Waals surface area contributed by atoms with Crippen LogP contribution in [0.5, 0.6) is 0 Å². The molecular formula is C23H22ClN3O4. The van der Waals surface area contributed by atoms with Gasteiger partial charge < -0.3 is 19.6 Å². The van der Waals surface area contributed by atoms with E-state index >= 15 is 0 Å². The molecule has 1 amide bonds. The van der Waals surface area contributed by atoms with Crippen molar-refractivity contribution in [2.24, 2.45) is 4.99 Å². The summed E-state index contributed by atoms with van der Waals surface area (Å²) in [4.78, 5) is 31.9. The maximum absolute atomic E-state index is 12.5. The second-order valence-electron chi connectivity index (χ2n) is 7.55. The van der Waals surface area contributed by atoms with Crippen LogP contribution in [0.4, 0.5) is 4.79 Å². The first kappa shape index (κ1) is 20.9. The summed E-state index contributed by atoms with van der Waals surface area (Å²) >= 11 is 5.88. The van der Waals surface area contributed by atoms with Crippen LogP contribution in [0.3, 0.4) is 0 Å². The van der Waals surface area contributed by atoms with E-state index in [1.807, 2.05) is 30.6 Å². The molecule has 7 nitrogen and oxygen atoms in total. The van der Waals surface area contributed by atoms with Gasteiger partial charge in [0.25, 0.3) is 0 Å². The number of aliphatic imine (C=N–C) groups is 1. The lowest BCUT2D eigenvalue weighted by molar-refractivity contribution is 0.0696. The van der Waals surface area contributed by atoms with E-state index in [0.29, 0.717) is 37.6 Å². The molecule has 0 atom stereocenters. The second-order valence-corrected chi connectivity index (χ2v) is 7.99. The Bertz CT molecular complexity index is 1030. The minimum absolute atomic E-state index is 0.203. The summed E-state index contributed by atoms with van der Waals surface area (Å²) in [6.45, 7) is 2.55. The average Bonchev–Trinajstić information content (AvgIpc) is 2.78. The fourth-order valence-corrected chi connectivity index (χ4v) is 3.74. The summed E-state index contributed by atoms with van der Waals surface area (Å²) in [5.74, 6) is -0.939. The minimum Gasteiger partial charge on any atom is -0.478 e. The fourth-order valence-electron chi connectivity index (χ4n) is 3.61. The lowest BCUT2D eigenvalue weighted by Crippen LogP contribution is -2.41. The number of benzene rings is 2. The van der Waals surface area contributed by atoms with Crippen LogP contribution in [0.15, 0.2) is 64.8 Å². The van der Waals surface area contributed by atoms with E-state index in [9.17, 15) is 9.59 Å². The van der Waals surface area contributed by atoms with E-state index in [0.717, 1.165) is 22.4 Å². The van der Waals surface area contributed by atoms with Gasteiger partial charge in [0, 0.05) is 43.3 Å². The van der Waals surface area contributed by atoms with Crippen molar-refractivity contribution in [1.29, 1.82) is 0 Å². The molecule has 8 heteroatoms. The zero-order valence-electron chi connectivity index (χ0n) is 16.8. The van der Waals surface area contributed by atoms with Crippen molar-refractivity contribution in [3.63, 3.8) is 0 Å². The standard InChI is InChI=1S/C23H22ClN3O4/c24-20-7-3-17(4-8-20)14-31-23(30)27-10-9-21-19(13-27)12-26(15-25-21)11-16-1-5-18(6-2-16)22(28)29/h1-8,15H,9-14H2,(H,28,29). The van der Waals surface area contributed by atoms with Gasteiger partial charge in [-0.15, -0.1) is 0 Å². The van der Waals surface area contributed by atoms with Crippen molar-refractivity contribution in [3.05, 3.63) is 81.5 Å². The van der Waals surface area contributed by atoms with Crippen molar-refractivity contribution < 1.29 is 19.4 Å². The summed E-state index contributed by atoms with van der Waals surface area (Å²) < 4.78 is 5.46. The molecule has 4 rings (SSSR count). The average molecular weight is 440 g/mol. The highest BCUT2D eigenvalue weighted by molar-refractivity contribution is 6.30. The van der Waals surface area contributed by atoms with E-state index < -0.39 is 5.97 Å². The number of carboxylic acid groups (broad SMARTS) is 1. The molecule has 0 saturated carbocycles. The Balaban J connectivity index is 1.32. The molecule has 0 spiro atoms. The van der Waals surface area contributed by atoms with Crippen LogP contribution < -0.4 is 0 Å². The Morgan fingerprint density at radius 2 is 1.74 bits per heavy atom. The Labute approximate surface area is 185 Å². The molecule has 2 aliphatic heterocycles. The molecule has 2 aromatic rings. The molecule has 2 heterocycles. The second kappa shape index (κ2) is 9.22. The van der Waals surface area contributed by atoms with Gasteiger partial charge in [-0.2, -0.15) is 0 Å². The van der Waals surface area contributed by atoms with Crippen LogP contribution >= 0.6 is 11.6 Å². The van der Waals surface area contributed by atoms with Crippen molar-refractivity contribution >= 4 is 30.0 Å². The Morgan fingerprint density at radius 1 is 1.03 bits per heavy atom. The van der Waals surface area contributed by atoms with Gasteiger partial charge in [-0.1, -0.05) is 35.9 Å². The number of carbonyl (C=O) groups excluding carboxylic acids is 1. The predicted molar refractivity (Wildman–Crippen MR) is 117 cm³/mol. The SMILES string of the molecule is O=C(O)c1ccc(CN2C=NC3=C(C2)CN(C(=O)OCc2ccc(Cl)cc2)CC3)cc1. The number of carbonyl (C=O) groups is 2. The van der Waals surface area contributed by atoms with Gasteiger partial charge in [0.2, 0.25) is 0 Å². The number of carboxylic acids is 1. The number of hydrogen-bond donors (Lipinski definition) is 1. The molecular weight excluding hydrogens is 418 g/mol. The maximum atomic E-state index is 12.5. The number of ether oxygens (including phenoxy) is 1. The number of nitrogens with zero attached hydrogens (tertiary/aromatic N) is 3. The lowest BCUT2D eigenvalue weighted by Gasteiger charge is -2.34. The molecule has 0 aliphatic carbocycles. The van der Waals surface area contributed by atoms with E-state index in [-0.39, 0.29) is 18.3 Å². The van der Waals surface area contributed by atoms with Gasteiger partial charge in [0.1, 0.15) is 6.61 Å². The third kappa shape index (κ3) is 5.24. The number of halogens is 1. The third-order valence-corrected chi connectivity index (χ3v) is 5.55. The number of aromatic carboxylic acids is 1. The van der Waals surface area contributed by atoms with Crippen molar-refractivity contribution in [2.75, 3.05) is 19.6 Å². The van der Waals surface area contributed by atoms with Gasteiger partial charge >= 0.3 is 12.1 Å². The molecule has 2 aliphatic rings. The third-order valence-electron chi connectivity index (χ3n) is 5.30. The smallest absolute Gasteiger partial charge is 0.410 e. The van der Waals surface area contributed by atoms with Gasteiger partial charge in [-0.05, 0) is 41.0 Å². The molecule has 160 valence electrons. The quantitative estimate of drug-likeness (QED) is 0.755. The molecule has 0 saturated heterocycles. The zero-order chi connectivity index (χ0) is 21.8. The normalized spacial score (nSPS) is 15.6. The van der Waals surface area contributed by atoms with Crippen LogP contribution in [0.1, 0.15) is 27.9 Å². The molecule has 0 radical (unpaired) electrons. The number of hydrogen-bond acceptors (Lipinski definition) is 5. The summed E-state index contributed by atoms with van der Waals surface area (Å²) in [6.07, 6.45) is 2.17. The molecule has 0 unspecified atom stereocenters. The van der Waals surface area contributed by atoms with Gasteiger partial charge in [0.15, 0.2) is 0 Å². The first-order chi connectivity index (χ1) is 15.0.